The minimum atomic E-state index is -3.92. The molecular weight excluding hydrogens is 499 g/mol. The van der Waals surface area contributed by atoms with E-state index in [2.05, 4.69) is 53.3 Å². The van der Waals surface area contributed by atoms with Gasteiger partial charge in [0.05, 0.1) is 0 Å². The molecule has 0 spiro atoms. The predicted molar refractivity (Wildman–Crippen MR) is 86.2 cm³/mol. The molecule has 15 heavy (non-hydrogen) atoms. The average molecular weight is 526 g/mol. The van der Waals surface area contributed by atoms with E-state index in [1.54, 1.807) is 3.33 Å². The molecule has 0 aliphatic heterocycles. The molecule has 0 aromatic rings. The van der Waals surface area contributed by atoms with E-state index in [1.807, 2.05) is 0 Å². The average Bonchev–Trinajstić information content (AvgIpc) is 1.97. The molecule has 93 valence electrons. The Morgan fingerprint density at radius 1 is 1.00 bits per heavy atom. The van der Waals surface area contributed by atoms with Gasteiger partial charge in [0.15, 0.2) is 0 Å². The van der Waals surface area contributed by atoms with E-state index in [0.717, 1.165) is 6.42 Å². The van der Waals surface area contributed by atoms with Crippen molar-refractivity contribution in [1.82, 2.24) is 0 Å². The van der Waals surface area contributed by atoms with Gasteiger partial charge in [-0.25, -0.2) is 0 Å². The van der Waals surface area contributed by atoms with E-state index < -0.39 is 12.7 Å². The quantitative estimate of drug-likeness (QED) is 0.417. The molecule has 0 aromatic heterocycles. The number of hydrogen-bond acceptors (Lipinski definition) is 0. The van der Waals surface area contributed by atoms with Crippen LogP contribution in [0.25, 0.3) is 0 Å². The molecule has 0 aromatic carbocycles. The van der Waals surface area contributed by atoms with Gasteiger partial charge < -0.3 is 0 Å². The molecule has 0 nitrogen and oxygen atoms in total. The van der Waals surface area contributed by atoms with Crippen molar-refractivity contribution in [2.24, 2.45) is 0 Å². The van der Waals surface area contributed by atoms with Gasteiger partial charge in [0.2, 0.25) is 0 Å². The third kappa shape index (κ3) is 5.60. The molecule has 0 amide bonds. The van der Waals surface area contributed by atoms with Crippen LogP contribution in [-0.4, -0.2) is 6.94 Å². The molecule has 0 atom stereocenters. The number of rotatable bonds is 1. The van der Waals surface area contributed by atoms with E-state index in [4.69, 9.17) is 0 Å². The number of allylic oxidation sites excluding steroid dienone is 4. The Balaban J connectivity index is 0. The third-order valence-electron chi connectivity index (χ3n) is 2.93. The van der Waals surface area contributed by atoms with Crippen LogP contribution in [0.2, 0.25) is 28.1 Å². The first kappa shape index (κ1) is 18.9. The first-order chi connectivity index (χ1) is 5.00. The molecule has 0 saturated carbocycles. The van der Waals surface area contributed by atoms with E-state index >= 15 is 0 Å². The minimum absolute atomic E-state index is 0. The van der Waals surface area contributed by atoms with Crippen LogP contribution in [0, 0.1) is 0 Å². The summed E-state index contributed by atoms with van der Waals surface area (Å²) in [5, 5.41) is 0. The van der Waals surface area contributed by atoms with Crippen LogP contribution in [-0.2, 0) is 12.7 Å². The molecule has 1 rings (SSSR count). The van der Waals surface area contributed by atoms with Crippen LogP contribution in [0.5, 0.6) is 0 Å². The number of hydrogen-bond donors (Lipinski definition) is 0. The van der Waals surface area contributed by atoms with Gasteiger partial charge in [-0.3, -0.25) is 0 Å². The second-order valence-electron chi connectivity index (χ2n) is 12.6. The molecule has 1 aliphatic rings. The summed E-state index contributed by atoms with van der Waals surface area (Å²) in [6, 6.07) is 0. The summed E-state index contributed by atoms with van der Waals surface area (Å²) in [5.74, 6) is 0. The normalized spacial score (nSPS) is 25.6. The van der Waals surface area contributed by atoms with Crippen molar-refractivity contribution in [2.75, 3.05) is 0 Å². The van der Waals surface area contributed by atoms with E-state index in [0.29, 0.717) is 0 Å². The van der Waals surface area contributed by atoms with Crippen molar-refractivity contribution in [3.05, 3.63) is 21.6 Å². The molecule has 4 heteroatoms. The first-order valence-corrected chi connectivity index (χ1v) is 37.0. The second kappa shape index (κ2) is 2.46. The zero-order chi connectivity index (χ0) is 10.8. The SMILES string of the molecule is Br.Br.[CH3][Hf]([CH3])([CH3])([CH3])([CH3])([CH3])(=[SiH2])[C]1=CC=CC1. The zero-order valence-electron chi connectivity index (χ0n) is 11.0. The van der Waals surface area contributed by atoms with Crippen LogP contribution in [0.1, 0.15) is 6.42 Å². The summed E-state index contributed by atoms with van der Waals surface area (Å²) in [6.45, 7) is 2.28. The fraction of sp³-hybridized carbons (Fsp3) is 0.636. The van der Waals surface area contributed by atoms with Gasteiger partial charge in [-0.15, -0.1) is 34.0 Å². The van der Waals surface area contributed by atoms with E-state index in [9.17, 15) is 0 Å². The maximum atomic E-state index is 2.54. The Hall–Kier alpha value is 1.53. The van der Waals surface area contributed by atoms with Crippen molar-refractivity contribution in [2.45, 2.75) is 34.5 Å². The second-order valence-corrected chi connectivity index (χ2v) is 134. The van der Waals surface area contributed by atoms with Gasteiger partial charge in [-0.05, 0) is 0 Å². The Morgan fingerprint density at radius 3 is 1.53 bits per heavy atom. The molecule has 0 heterocycles. The monoisotopic (exact) mass is 525 g/mol. The van der Waals surface area contributed by atoms with Crippen LogP contribution in [0.15, 0.2) is 21.6 Å². The molecule has 0 unspecified atom stereocenters. The first-order valence-electron chi connectivity index (χ1n) is 5.32. The van der Waals surface area contributed by atoms with Gasteiger partial charge in [0.25, 0.3) is 0 Å². The summed E-state index contributed by atoms with van der Waals surface area (Å²) in [6.07, 6.45) is 8.00. The van der Waals surface area contributed by atoms with Crippen LogP contribution in [0.4, 0.5) is 0 Å². The van der Waals surface area contributed by atoms with Crippen LogP contribution in [0.3, 0.4) is 0 Å². The van der Waals surface area contributed by atoms with Crippen LogP contribution >= 0.6 is 34.0 Å². The molecular formula is C11H27Br2HfSi. The van der Waals surface area contributed by atoms with Crippen molar-refractivity contribution in [1.29, 1.82) is 0 Å². The Morgan fingerprint density at radius 2 is 1.40 bits per heavy atom. The molecule has 0 saturated heterocycles. The van der Waals surface area contributed by atoms with E-state index in [-0.39, 0.29) is 34.0 Å². The Bertz CT molecular complexity index is 454. The molecule has 0 fully saturated rings. The Kier molecular flexibility index (Phi) is 3.09. The summed E-state index contributed by atoms with van der Waals surface area (Å²) in [5.41, 5.74) is 0. The van der Waals surface area contributed by atoms with Gasteiger partial charge in [0, 0.05) is 0 Å². The topological polar surface area (TPSA) is 0 Å². The standard InChI is InChI=1S/C5H5.6CH3.2BrH.Hf.H2Si/c1-2-4-5-3-1;;;;;;;;;;/h1-3H,4H2;6*1H3;2*1H;;1H2. The Labute approximate surface area is 108 Å². The summed E-state index contributed by atoms with van der Waals surface area (Å²) in [4.78, 5) is 0. The van der Waals surface area contributed by atoms with Crippen molar-refractivity contribution < 1.29 is 12.7 Å². The third-order valence-corrected chi connectivity index (χ3v) is 23.4. The molecule has 1 aliphatic carbocycles. The van der Waals surface area contributed by atoms with Crippen molar-refractivity contribution in [3.8, 4) is 0 Å². The van der Waals surface area contributed by atoms with Crippen molar-refractivity contribution in [3.63, 3.8) is 0 Å². The van der Waals surface area contributed by atoms with Gasteiger partial charge in [-0.1, -0.05) is 0 Å². The molecule has 0 radical (unpaired) electrons. The number of halogens is 2. The van der Waals surface area contributed by atoms with Crippen molar-refractivity contribution >= 4 is 40.9 Å². The van der Waals surface area contributed by atoms with Gasteiger partial charge in [0.1, 0.15) is 0 Å². The van der Waals surface area contributed by atoms with Gasteiger partial charge >= 0.3 is 75.7 Å². The summed E-state index contributed by atoms with van der Waals surface area (Å²) in [7, 11) is 0. The summed E-state index contributed by atoms with van der Waals surface area (Å²) >= 11 is -3.92. The molecule has 0 bridgehead atoms. The zero-order valence-corrected chi connectivity index (χ0v) is 19.4. The fourth-order valence-electron chi connectivity index (χ4n) is 1.69. The van der Waals surface area contributed by atoms with E-state index in [1.165, 1.54) is 0 Å². The van der Waals surface area contributed by atoms with Gasteiger partial charge in [-0.2, -0.15) is 0 Å². The molecule has 0 N–H and O–H groups in total. The van der Waals surface area contributed by atoms with Crippen LogP contribution < -0.4 is 0 Å². The maximum absolute atomic E-state index is 3.92. The fourth-order valence-corrected chi connectivity index (χ4v) is 13.5. The predicted octanol–water partition coefficient (Wildman–Crippen LogP) is 5.12. The summed E-state index contributed by atoms with van der Waals surface area (Å²) < 4.78 is 16.9.